The Hall–Kier alpha value is -2.25. The predicted octanol–water partition coefficient (Wildman–Crippen LogP) is 7.08. The summed E-state index contributed by atoms with van der Waals surface area (Å²) in [7, 11) is 1.46. The van der Waals surface area contributed by atoms with Crippen molar-refractivity contribution < 1.29 is 9.47 Å². The van der Waals surface area contributed by atoms with Crippen molar-refractivity contribution in [3.63, 3.8) is 0 Å². The van der Waals surface area contributed by atoms with E-state index in [9.17, 15) is 0 Å². The zero-order chi connectivity index (χ0) is 28.2. The van der Waals surface area contributed by atoms with Crippen molar-refractivity contribution >= 4 is 52.3 Å². The van der Waals surface area contributed by atoms with Crippen LogP contribution < -0.4 is 20.7 Å². The van der Waals surface area contributed by atoms with Gasteiger partial charge in [0.15, 0.2) is 0 Å². The molecule has 0 amide bonds. The molecular weight excluding hydrogens is 585 g/mol. The minimum absolute atomic E-state index is 0.272. The largest absolute Gasteiger partial charge is 0.495 e. The molecule has 2 saturated heterocycles. The first-order valence-electron chi connectivity index (χ1n) is 14.2. The first-order chi connectivity index (χ1) is 19.3. The summed E-state index contributed by atoms with van der Waals surface area (Å²) >= 11 is 3.63. The van der Waals surface area contributed by atoms with Gasteiger partial charge in [-0.3, -0.25) is 0 Å². The summed E-state index contributed by atoms with van der Waals surface area (Å²) in [5.74, 6) is 2.61. The molecule has 0 unspecified atom stereocenters. The molecular formula is C31H41BrN5O2P. The lowest BCUT2D eigenvalue weighted by Gasteiger charge is -2.39. The molecule has 0 saturated carbocycles. The van der Waals surface area contributed by atoms with E-state index in [-0.39, 0.29) is 7.92 Å². The first-order valence-corrected chi connectivity index (χ1v) is 17.2. The van der Waals surface area contributed by atoms with E-state index in [2.05, 4.69) is 94.0 Å². The van der Waals surface area contributed by atoms with Gasteiger partial charge >= 0.3 is 0 Å². The van der Waals surface area contributed by atoms with E-state index < -0.39 is 0 Å². The Morgan fingerprint density at radius 1 is 1.00 bits per heavy atom. The number of piperidine rings is 1. The monoisotopic (exact) mass is 625 g/mol. The van der Waals surface area contributed by atoms with Gasteiger partial charge in [0, 0.05) is 31.1 Å². The van der Waals surface area contributed by atoms with Crippen LogP contribution in [-0.4, -0.2) is 67.7 Å². The lowest BCUT2D eigenvalue weighted by Crippen LogP contribution is -2.43. The van der Waals surface area contributed by atoms with Gasteiger partial charge in [0.25, 0.3) is 0 Å². The summed E-state index contributed by atoms with van der Waals surface area (Å²) < 4.78 is 12.2. The number of hydrogen-bond donors (Lipinski definition) is 2. The number of halogens is 1. The van der Waals surface area contributed by atoms with Crippen LogP contribution in [0.15, 0.2) is 41.0 Å². The van der Waals surface area contributed by atoms with Crippen molar-refractivity contribution in [2.24, 2.45) is 0 Å². The maximum Gasteiger partial charge on any atom is 0.229 e. The number of nitrogens with one attached hydrogen (secondary N) is 2. The van der Waals surface area contributed by atoms with Crippen molar-refractivity contribution in [1.82, 2.24) is 14.9 Å². The Morgan fingerprint density at radius 3 is 2.45 bits per heavy atom. The Balaban J connectivity index is 1.32. The van der Waals surface area contributed by atoms with E-state index in [0.717, 1.165) is 66.6 Å². The molecule has 9 heteroatoms. The van der Waals surface area contributed by atoms with Crippen LogP contribution in [0.25, 0.3) is 0 Å². The molecule has 3 aromatic rings. The SMILES string of the molecule is COc1cc(C2CCN(C3CCOCC3)CC2)c(C)cc1Nc1ncc(Br)c(Nc2ccc(C)cc2P(C)C)n1. The minimum Gasteiger partial charge on any atom is -0.495 e. The quantitative estimate of drug-likeness (QED) is 0.259. The van der Waals surface area contributed by atoms with Crippen molar-refractivity contribution in [1.29, 1.82) is 0 Å². The molecule has 214 valence electrons. The Labute approximate surface area is 248 Å². The molecule has 7 nitrogen and oxygen atoms in total. The highest BCUT2D eigenvalue weighted by molar-refractivity contribution is 9.10. The summed E-state index contributed by atoms with van der Waals surface area (Å²) in [6.45, 7) is 13.0. The van der Waals surface area contributed by atoms with Crippen LogP contribution in [-0.2, 0) is 4.74 Å². The van der Waals surface area contributed by atoms with Crippen LogP contribution in [0.3, 0.4) is 0 Å². The van der Waals surface area contributed by atoms with Crippen LogP contribution in [0, 0.1) is 13.8 Å². The third-order valence-electron chi connectivity index (χ3n) is 8.14. The molecule has 3 heterocycles. The van der Waals surface area contributed by atoms with Crippen LogP contribution in [0.2, 0.25) is 0 Å². The van der Waals surface area contributed by atoms with Crippen LogP contribution in [0.5, 0.6) is 5.75 Å². The van der Waals surface area contributed by atoms with Crippen LogP contribution in [0.4, 0.5) is 23.1 Å². The van der Waals surface area contributed by atoms with Gasteiger partial charge < -0.3 is 25.0 Å². The average Bonchev–Trinajstić information content (AvgIpc) is 2.96. The Kier molecular flexibility index (Phi) is 9.62. The predicted molar refractivity (Wildman–Crippen MR) is 171 cm³/mol. The summed E-state index contributed by atoms with van der Waals surface area (Å²) in [4.78, 5) is 12.0. The van der Waals surface area contributed by atoms with Crippen LogP contribution >= 0.6 is 23.9 Å². The number of ether oxygens (including phenoxy) is 2. The summed E-state index contributed by atoms with van der Waals surface area (Å²) in [5, 5.41) is 8.27. The number of hydrogen-bond acceptors (Lipinski definition) is 7. The maximum atomic E-state index is 5.86. The fourth-order valence-electron chi connectivity index (χ4n) is 5.92. The highest BCUT2D eigenvalue weighted by Crippen LogP contribution is 2.38. The molecule has 2 aliphatic heterocycles. The number of methoxy groups -OCH3 is 1. The molecule has 0 radical (unpaired) electrons. The molecule has 40 heavy (non-hydrogen) atoms. The van der Waals surface area contributed by atoms with E-state index >= 15 is 0 Å². The standard InChI is InChI=1S/C31H41BrN5O2P/c1-20-6-7-26(29(16-20)40(4)5)34-30-25(32)19-33-31(36-30)35-27-17-21(2)24(18-28(27)38-3)22-8-12-37(13-9-22)23-10-14-39-15-11-23/h6-7,16-19,22-23H,8-15H2,1-5H3,(H2,33,34,35,36). The molecule has 2 N–H and O–H groups in total. The van der Waals surface area contributed by atoms with Gasteiger partial charge in [-0.05, 0) is 128 Å². The fourth-order valence-corrected chi connectivity index (χ4v) is 7.28. The Morgan fingerprint density at radius 2 is 1.75 bits per heavy atom. The molecule has 2 fully saturated rings. The Bertz CT molecular complexity index is 1320. The van der Waals surface area contributed by atoms with Crippen LogP contribution in [0.1, 0.15) is 48.3 Å². The van der Waals surface area contributed by atoms with Gasteiger partial charge in [-0.25, -0.2) is 4.98 Å². The van der Waals surface area contributed by atoms with E-state index in [1.165, 1.54) is 34.8 Å². The molecule has 0 atom stereocenters. The molecule has 2 aliphatic rings. The summed E-state index contributed by atoms with van der Waals surface area (Å²) in [5.41, 5.74) is 5.87. The number of likely N-dealkylation sites (tertiary alicyclic amines) is 1. The van der Waals surface area contributed by atoms with Gasteiger partial charge in [0.2, 0.25) is 5.95 Å². The number of anilines is 4. The van der Waals surface area contributed by atoms with E-state index in [1.807, 2.05) is 0 Å². The lowest BCUT2D eigenvalue weighted by atomic mass is 9.85. The molecule has 0 aliphatic carbocycles. The maximum absolute atomic E-state index is 5.86. The average molecular weight is 627 g/mol. The van der Waals surface area contributed by atoms with Gasteiger partial charge in [0.1, 0.15) is 11.6 Å². The van der Waals surface area contributed by atoms with Gasteiger partial charge in [-0.1, -0.05) is 19.6 Å². The summed E-state index contributed by atoms with van der Waals surface area (Å²) in [6, 6.07) is 11.6. The van der Waals surface area contributed by atoms with Crippen molar-refractivity contribution in [3.8, 4) is 5.75 Å². The number of aryl methyl sites for hydroxylation is 2. The third-order valence-corrected chi connectivity index (χ3v) is 10.1. The van der Waals surface area contributed by atoms with Gasteiger partial charge in [0.05, 0.1) is 17.3 Å². The normalized spacial score (nSPS) is 17.3. The van der Waals surface area contributed by atoms with E-state index in [0.29, 0.717) is 17.9 Å². The number of aromatic nitrogens is 2. The molecule has 0 bridgehead atoms. The fraction of sp³-hybridized carbons (Fsp3) is 0.484. The molecule has 1 aromatic heterocycles. The molecule has 0 spiro atoms. The number of rotatable bonds is 8. The lowest BCUT2D eigenvalue weighted by molar-refractivity contribution is 0.0251. The molecule has 2 aromatic carbocycles. The number of nitrogens with zero attached hydrogens (tertiary/aromatic N) is 3. The van der Waals surface area contributed by atoms with Crippen molar-refractivity contribution in [3.05, 3.63) is 57.7 Å². The third kappa shape index (κ3) is 6.79. The van der Waals surface area contributed by atoms with Gasteiger partial charge in [-0.15, -0.1) is 0 Å². The van der Waals surface area contributed by atoms with Gasteiger partial charge in [-0.2, -0.15) is 4.98 Å². The van der Waals surface area contributed by atoms with Crippen molar-refractivity contribution in [2.75, 3.05) is 57.4 Å². The second-order valence-electron chi connectivity index (χ2n) is 11.1. The molecule has 5 rings (SSSR count). The summed E-state index contributed by atoms with van der Waals surface area (Å²) in [6.07, 6.45) is 6.47. The zero-order valence-corrected chi connectivity index (χ0v) is 26.7. The first kappa shape index (κ1) is 29.2. The second-order valence-corrected chi connectivity index (χ2v) is 14.2. The van der Waals surface area contributed by atoms with E-state index in [1.54, 1.807) is 13.3 Å². The smallest absolute Gasteiger partial charge is 0.229 e. The zero-order valence-electron chi connectivity index (χ0n) is 24.3. The second kappa shape index (κ2) is 13.2. The highest BCUT2D eigenvalue weighted by atomic mass is 79.9. The number of benzene rings is 2. The van der Waals surface area contributed by atoms with Crippen molar-refractivity contribution in [2.45, 2.75) is 51.5 Å². The topological polar surface area (TPSA) is 71.5 Å². The minimum atomic E-state index is -0.272. The highest BCUT2D eigenvalue weighted by Gasteiger charge is 2.28. The van der Waals surface area contributed by atoms with E-state index in [4.69, 9.17) is 14.5 Å².